The van der Waals surface area contributed by atoms with E-state index in [1.165, 1.54) is 6.07 Å². The summed E-state index contributed by atoms with van der Waals surface area (Å²) < 4.78 is 15.9. The minimum atomic E-state index is -0.333. The maximum Gasteiger partial charge on any atom is 0.267 e. The van der Waals surface area contributed by atoms with Gasteiger partial charge in [0.1, 0.15) is 17.3 Å². The Bertz CT molecular complexity index is 1100. The number of hydrogen-bond donors (Lipinski definition) is 2. The number of hydrogen-bond acceptors (Lipinski definition) is 2. The molecule has 4 rings (SSSR count). The summed E-state index contributed by atoms with van der Waals surface area (Å²) in [6, 6.07) is 14.3. The summed E-state index contributed by atoms with van der Waals surface area (Å²) >= 11 is 0. The van der Waals surface area contributed by atoms with Crippen molar-refractivity contribution in [3.8, 4) is 0 Å². The lowest BCUT2D eigenvalue weighted by atomic mass is 10.2. The monoisotopic (exact) mass is 350 g/mol. The molecule has 0 radical (unpaired) electrons. The van der Waals surface area contributed by atoms with Gasteiger partial charge in [-0.05, 0) is 43.7 Å². The molecule has 0 fully saturated rings. The fourth-order valence-corrected chi connectivity index (χ4v) is 3.25. The van der Waals surface area contributed by atoms with Crippen LogP contribution in [0.1, 0.15) is 22.7 Å². The number of aromatic amines is 1. The molecule has 4 aromatic rings. The first-order chi connectivity index (χ1) is 12.6. The smallest absolute Gasteiger partial charge is 0.267 e. The molecule has 1 amide bonds. The average Bonchev–Trinajstić information content (AvgIpc) is 3.20. The van der Waals surface area contributed by atoms with Crippen LogP contribution in [0.25, 0.3) is 21.9 Å². The summed E-state index contributed by atoms with van der Waals surface area (Å²) in [4.78, 5) is 19.8. The van der Waals surface area contributed by atoms with E-state index in [9.17, 15) is 9.18 Å². The lowest BCUT2D eigenvalue weighted by Crippen LogP contribution is -2.25. The number of H-pyrrole nitrogens is 1. The molecule has 0 aliphatic rings. The van der Waals surface area contributed by atoms with Crippen molar-refractivity contribution in [3.05, 3.63) is 65.9 Å². The average molecular weight is 350 g/mol. The predicted molar refractivity (Wildman–Crippen MR) is 99.7 cm³/mol. The van der Waals surface area contributed by atoms with Gasteiger partial charge in [0.05, 0.1) is 11.0 Å². The molecule has 0 bridgehead atoms. The number of carbonyl (C=O) groups excluding carboxylic acids is 1. The molecule has 132 valence electrons. The Morgan fingerprint density at radius 1 is 1.23 bits per heavy atom. The second-order valence-electron chi connectivity index (χ2n) is 6.29. The van der Waals surface area contributed by atoms with E-state index in [0.717, 1.165) is 29.8 Å². The largest absolute Gasteiger partial charge is 0.351 e. The zero-order valence-electron chi connectivity index (χ0n) is 14.4. The molecule has 0 aliphatic heterocycles. The van der Waals surface area contributed by atoms with Crippen LogP contribution >= 0.6 is 0 Å². The Kier molecular flexibility index (Phi) is 4.16. The van der Waals surface area contributed by atoms with E-state index in [1.807, 2.05) is 31.2 Å². The first kappa shape index (κ1) is 16.3. The number of fused-ring (bicyclic) bond motifs is 2. The van der Waals surface area contributed by atoms with Gasteiger partial charge in [0.15, 0.2) is 0 Å². The maximum absolute atomic E-state index is 13.7. The Labute approximate surface area is 149 Å². The summed E-state index contributed by atoms with van der Waals surface area (Å²) in [6.07, 6.45) is 0.779. The lowest BCUT2D eigenvalue weighted by molar-refractivity contribution is 0.0948. The molecule has 2 aromatic carbocycles. The molecule has 0 unspecified atom stereocenters. The van der Waals surface area contributed by atoms with Crippen molar-refractivity contribution in [1.29, 1.82) is 0 Å². The maximum atomic E-state index is 13.7. The first-order valence-corrected chi connectivity index (χ1v) is 8.61. The van der Waals surface area contributed by atoms with Crippen LogP contribution in [0.5, 0.6) is 0 Å². The number of benzene rings is 2. The van der Waals surface area contributed by atoms with Gasteiger partial charge >= 0.3 is 0 Å². The van der Waals surface area contributed by atoms with Gasteiger partial charge in [0, 0.05) is 24.0 Å². The van der Waals surface area contributed by atoms with E-state index < -0.39 is 0 Å². The summed E-state index contributed by atoms with van der Waals surface area (Å²) in [5, 5.41) is 3.31. The van der Waals surface area contributed by atoms with Crippen molar-refractivity contribution in [1.82, 2.24) is 19.9 Å². The number of nitrogens with zero attached hydrogens (tertiary/aromatic N) is 2. The van der Waals surface area contributed by atoms with E-state index in [-0.39, 0.29) is 11.7 Å². The number of imidazole rings is 1. The number of carbonyl (C=O) groups is 1. The Balaban J connectivity index is 1.38. The molecule has 0 aliphatic carbocycles. The van der Waals surface area contributed by atoms with Crippen LogP contribution in [0.2, 0.25) is 0 Å². The third-order valence-corrected chi connectivity index (χ3v) is 4.55. The number of rotatable bonds is 5. The van der Waals surface area contributed by atoms with Crippen LogP contribution in [-0.4, -0.2) is 27.0 Å². The zero-order valence-corrected chi connectivity index (χ0v) is 14.4. The molecule has 0 spiro atoms. The van der Waals surface area contributed by atoms with Gasteiger partial charge in [-0.1, -0.05) is 18.2 Å². The topological polar surface area (TPSA) is 62.7 Å². The van der Waals surface area contributed by atoms with Crippen LogP contribution in [0.4, 0.5) is 4.39 Å². The quantitative estimate of drug-likeness (QED) is 0.538. The van der Waals surface area contributed by atoms with Crippen LogP contribution in [0, 0.1) is 12.7 Å². The van der Waals surface area contributed by atoms with Crippen molar-refractivity contribution in [2.75, 3.05) is 6.54 Å². The molecular weight excluding hydrogens is 331 g/mol. The fourth-order valence-electron chi connectivity index (χ4n) is 3.25. The van der Waals surface area contributed by atoms with Crippen molar-refractivity contribution in [2.45, 2.75) is 19.9 Å². The number of amides is 1. The zero-order chi connectivity index (χ0) is 18.1. The van der Waals surface area contributed by atoms with E-state index in [2.05, 4.69) is 19.9 Å². The SMILES string of the molecule is Cc1nc2ccccc2n1CCCNC(=O)c1cc2c(F)cccc2[nH]1. The van der Waals surface area contributed by atoms with E-state index in [4.69, 9.17) is 0 Å². The van der Waals surface area contributed by atoms with Gasteiger partial charge in [-0.25, -0.2) is 9.37 Å². The molecule has 26 heavy (non-hydrogen) atoms. The Hall–Kier alpha value is -3.15. The molecule has 0 saturated carbocycles. The van der Waals surface area contributed by atoms with E-state index in [1.54, 1.807) is 18.2 Å². The molecule has 0 atom stereocenters. The molecule has 2 heterocycles. The van der Waals surface area contributed by atoms with Crippen molar-refractivity contribution < 1.29 is 9.18 Å². The minimum Gasteiger partial charge on any atom is -0.351 e. The van der Waals surface area contributed by atoms with Gasteiger partial charge in [-0.3, -0.25) is 4.79 Å². The van der Waals surface area contributed by atoms with Gasteiger partial charge in [-0.2, -0.15) is 0 Å². The summed E-state index contributed by atoms with van der Waals surface area (Å²) in [5.74, 6) is 0.400. The third-order valence-electron chi connectivity index (χ3n) is 4.55. The van der Waals surface area contributed by atoms with Gasteiger partial charge in [-0.15, -0.1) is 0 Å². The number of para-hydroxylation sites is 2. The van der Waals surface area contributed by atoms with E-state index >= 15 is 0 Å². The second kappa shape index (κ2) is 6.63. The number of aromatic nitrogens is 3. The van der Waals surface area contributed by atoms with Crippen molar-refractivity contribution in [2.24, 2.45) is 0 Å². The fraction of sp³-hybridized carbons (Fsp3) is 0.200. The summed E-state index contributed by atoms with van der Waals surface area (Å²) in [7, 11) is 0. The normalized spacial score (nSPS) is 11.3. The summed E-state index contributed by atoms with van der Waals surface area (Å²) in [5.41, 5.74) is 3.07. The van der Waals surface area contributed by atoms with Gasteiger partial charge in [0.25, 0.3) is 5.91 Å². The van der Waals surface area contributed by atoms with Gasteiger partial charge < -0.3 is 14.9 Å². The highest BCUT2D eigenvalue weighted by Crippen LogP contribution is 2.19. The Morgan fingerprint density at radius 3 is 2.92 bits per heavy atom. The molecule has 0 saturated heterocycles. The van der Waals surface area contributed by atoms with Crippen molar-refractivity contribution in [3.63, 3.8) is 0 Å². The molecule has 6 heteroatoms. The lowest BCUT2D eigenvalue weighted by Gasteiger charge is -2.07. The first-order valence-electron chi connectivity index (χ1n) is 8.61. The number of nitrogens with one attached hydrogen (secondary N) is 2. The van der Waals surface area contributed by atoms with Crippen LogP contribution < -0.4 is 5.32 Å². The minimum absolute atomic E-state index is 0.229. The number of halogens is 1. The number of aryl methyl sites for hydroxylation is 2. The van der Waals surface area contributed by atoms with Crippen LogP contribution in [0.3, 0.4) is 0 Å². The van der Waals surface area contributed by atoms with Crippen LogP contribution in [0.15, 0.2) is 48.5 Å². The van der Waals surface area contributed by atoms with E-state index in [0.29, 0.717) is 23.1 Å². The second-order valence-corrected chi connectivity index (χ2v) is 6.29. The van der Waals surface area contributed by atoms with Crippen LogP contribution in [-0.2, 0) is 6.54 Å². The Morgan fingerprint density at radius 2 is 2.08 bits per heavy atom. The molecule has 2 aromatic heterocycles. The molecule has 5 nitrogen and oxygen atoms in total. The molecule has 2 N–H and O–H groups in total. The highest BCUT2D eigenvalue weighted by atomic mass is 19.1. The predicted octanol–water partition coefficient (Wildman–Crippen LogP) is 3.79. The van der Waals surface area contributed by atoms with Crippen molar-refractivity contribution >= 4 is 27.8 Å². The van der Waals surface area contributed by atoms with Gasteiger partial charge in [0.2, 0.25) is 0 Å². The third kappa shape index (κ3) is 2.94. The highest BCUT2D eigenvalue weighted by Gasteiger charge is 2.11. The summed E-state index contributed by atoms with van der Waals surface area (Å²) in [6.45, 7) is 3.29. The highest BCUT2D eigenvalue weighted by molar-refractivity contribution is 5.98. The molecular formula is C20H19FN4O. The standard InChI is InChI=1S/C20H19FN4O/c1-13-23-17-7-2-3-9-19(17)25(13)11-5-10-22-20(26)18-12-14-15(21)6-4-8-16(14)24-18/h2-4,6-9,12,24H,5,10-11H2,1H3,(H,22,26).